The quantitative estimate of drug-likeness (QED) is 0.562. The van der Waals surface area contributed by atoms with Gasteiger partial charge >= 0.3 is 0 Å². The third kappa shape index (κ3) is 4.86. The second-order valence-corrected chi connectivity index (χ2v) is 7.60. The summed E-state index contributed by atoms with van der Waals surface area (Å²) in [5.41, 5.74) is 2.24. The summed E-state index contributed by atoms with van der Waals surface area (Å²) in [6.45, 7) is 3.31. The highest BCUT2D eigenvalue weighted by Gasteiger charge is 2.31. The number of para-hydroxylation sites is 1. The summed E-state index contributed by atoms with van der Waals surface area (Å²) in [4.78, 5) is 27.0. The molecule has 1 aliphatic rings. The van der Waals surface area contributed by atoms with Crippen LogP contribution in [0.15, 0.2) is 60.8 Å². The maximum Gasteiger partial charge on any atom is 0.237 e. The van der Waals surface area contributed by atoms with Crippen molar-refractivity contribution in [3.63, 3.8) is 0 Å². The minimum atomic E-state index is -0.436. The molecular weight excluding hydrogens is 378 g/mol. The van der Waals surface area contributed by atoms with E-state index in [2.05, 4.69) is 20.6 Å². The molecule has 1 aromatic heterocycles. The number of carbonyl (C=O) groups is 2. The molecule has 0 saturated carbocycles. The average Bonchev–Trinajstić information content (AvgIpc) is 3.18. The Hall–Kier alpha value is -3.19. The van der Waals surface area contributed by atoms with E-state index >= 15 is 0 Å². The van der Waals surface area contributed by atoms with Gasteiger partial charge in [-0.25, -0.2) is 0 Å². The van der Waals surface area contributed by atoms with E-state index in [-0.39, 0.29) is 18.2 Å². The van der Waals surface area contributed by atoms with Crippen LogP contribution in [0.25, 0.3) is 10.9 Å². The molecule has 2 amide bonds. The topological polar surface area (TPSA) is 79.3 Å². The summed E-state index contributed by atoms with van der Waals surface area (Å²) in [5.74, 6) is -0.171. The molecule has 30 heavy (non-hydrogen) atoms. The summed E-state index contributed by atoms with van der Waals surface area (Å²) in [6.07, 6.45) is 2.81. The summed E-state index contributed by atoms with van der Waals surface area (Å²) in [5, 5.41) is 11.4. The Bertz CT molecular complexity index is 1000. The zero-order valence-electron chi connectivity index (χ0n) is 17.0. The molecule has 0 radical (unpaired) electrons. The smallest absolute Gasteiger partial charge is 0.237 e. The van der Waals surface area contributed by atoms with Crippen LogP contribution in [0.5, 0.6) is 0 Å². The Labute approximate surface area is 176 Å². The number of aryl methyl sites for hydroxylation is 1. The molecule has 1 aliphatic heterocycles. The van der Waals surface area contributed by atoms with Gasteiger partial charge < -0.3 is 10.6 Å². The molecule has 1 fully saturated rings. The van der Waals surface area contributed by atoms with Crippen molar-refractivity contribution < 1.29 is 9.59 Å². The molecule has 0 spiro atoms. The van der Waals surface area contributed by atoms with Crippen molar-refractivity contribution in [2.24, 2.45) is 0 Å². The first-order valence-corrected chi connectivity index (χ1v) is 10.4. The third-order valence-electron chi connectivity index (χ3n) is 5.47. The summed E-state index contributed by atoms with van der Waals surface area (Å²) >= 11 is 0. The molecule has 0 aliphatic carbocycles. The van der Waals surface area contributed by atoms with Gasteiger partial charge in [-0.1, -0.05) is 48.5 Å². The van der Waals surface area contributed by atoms with Crippen molar-refractivity contribution in [1.82, 2.24) is 25.3 Å². The van der Waals surface area contributed by atoms with Gasteiger partial charge in [0.1, 0.15) is 0 Å². The third-order valence-corrected chi connectivity index (χ3v) is 5.47. The number of piperazine rings is 1. The van der Waals surface area contributed by atoms with E-state index in [1.54, 1.807) is 0 Å². The van der Waals surface area contributed by atoms with Crippen molar-refractivity contribution in [2.75, 3.05) is 19.6 Å². The Morgan fingerprint density at radius 3 is 2.80 bits per heavy atom. The molecule has 1 atom stereocenters. The Morgan fingerprint density at radius 1 is 1.13 bits per heavy atom. The first-order valence-electron chi connectivity index (χ1n) is 10.4. The summed E-state index contributed by atoms with van der Waals surface area (Å²) < 4.78 is 1.96. The van der Waals surface area contributed by atoms with Crippen LogP contribution in [0, 0.1) is 0 Å². The van der Waals surface area contributed by atoms with Crippen LogP contribution in [-0.2, 0) is 22.7 Å². The molecule has 3 aromatic rings. The first kappa shape index (κ1) is 20.1. The second-order valence-electron chi connectivity index (χ2n) is 7.60. The van der Waals surface area contributed by atoms with Crippen LogP contribution in [0.2, 0.25) is 0 Å². The normalized spacial score (nSPS) is 17.1. The fourth-order valence-corrected chi connectivity index (χ4v) is 3.90. The second kappa shape index (κ2) is 9.54. The van der Waals surface area contributed by atoms with E-state index in [1.165, 1.54) is 0 Å². The summed E-state index contributed by atoms with van der Waals surface area (Å²) in [6, 6.07) is 17.7. The number of carbonyl (C=O) groups excluding carboxylic acids is 2. The highest BCUT2D eigenvalue weighted by atomic mass is 16.2. The molecule has 4 rings (SSSR count). The number of nitrogens with zero attached hydrogens (tertiary/aromatic N) is 3. The number of hydrogen-bond acceptors (Lipinski definition) is 4. The van der Waals surface area contributed by atoms with E-state index in [1.807, 2.05) is 65.5 Å². The van der Waals surface area contributed by atoms with Crippen molar-refractivity contribution in [3.05, 3.63) is 66.4 Å². The molecule has 0 bridgehead atoms. The Morgan fingerprint density at radius 2 is 1.93 bits per heavy atom. The van der Waals surface area contributed by atoms with Crippen molar-refractivity contribution >= 4 is 22.7 Å². The number of hydrogen-bond donors (Lipinski definition) is 2. The van der Waals surface area contributed by atoms with Gasteiger partial charge in [-0.2, -0.15) is 5.10 Å². The molecule has 7 heteroatoms. The lowest BCUT2D eigenvalue weighted by molar-refractivity contribution is -0.134. The largest absolute Gasteiger partial charge is 0.356 e. The van der Waals surface area contributed by atoms with Crippen LogP contribution in [0.4, 0.5) is 0 Å². The molecule has 2 heterocycles. The van der Waals surface area contributed by atoms with Crippen LogP contribution in [0.1, 0.15) is 18.4 Å². The highest BCUT2D eigenvalue weighted by molar-refractivity contribution is 5.88. The molecular formula is C23H27N5O2. The van der Waals surface area contributed by atoms with Gasteiger partial charge in [0, 0.05) is 38.1 Å². The van der Waals surface area contributed by atoms with Crippen LogP contribution >= 0.6 is 0 Å². The van der Waals surface area contributed by atoms with Gasteiger partial charge in [-0.05, 0) is 18.1 Å². The standard InChI is InChI=1S/C23H27N5O2/c29-22(24-11-6-13-28-20-10-5-4-9-19(20)16-26-28)15-21-23(30)25-12-14-27(21)17-18-7-2-1-3-8-18/h1-5,7-10,16,21H,6,11-15,17H2,(H,24,29)(H,25,30). The molecule has 156 valence electrons. The number of benzene rings is 2. The van der Waals surface area contributed by atoms with Gasteiger partial charge in [-0.15, -0.1) is 0 Å². The van der Waals surface area contributed by atoms with Crippen molar-refractivity contribution in [2.45, 2.75) is 32.0 Å². The molecule has 1 saturated heterocycles. The summed E-state index contributed by atoms with van der Waals surface area (Å²) in [7, 11) is 0. The van der Waals surface area contributed by atoms with Gasteiger partial charge in [-0.3, -0.25) is 19.2 Å². The number of aromatic nitrogens is 2. The maximum absolute atomic E-state index is 12.5. The number of rotatable bonds is 8. The lowest BCUT2D eigenvalue weighted by Crippen LogP contribution is -2.56. The molecule has 2 aromatic carbocycles. The van der Waals surface area contributed by atoms with Gasteiger partial charge in [0.05, 0.1) is 24.2 Å². The predicted octanol–water partition coefficient (Wildman–Crippen LogP) is 1.93. The predicted molar refractivity (Wildman–Crippen MR) is 116 cm³/mol. The van der Waals surface area contributed by atoms with Crippen LogP contribution in [0.3, 0.4) is 0 Å². The van der Waals surface area contributed by atoms with E-state index in [0.717, 1.165) is 36.0 Å². The fourth-order valence-electron chi connectivity index (χ4n) is 3.90. The van der Waals surface area contributed by atoms with E-state index in [4.69, 9.17) is 0 Å². The fraction of sp³-hybridized carbons (Fsp3) is 0.348. The molecule has 7 nitrogen and oxygen atoms in total. The molecule has 2 N–H and O–H groups in total. The lowest BCUT2D eigenvalue weighted by Gasteiger charge is -2.34. The average molecular weight is 406 g/mol. The van der Waals surface area contributed by atoms with Crippen LogP contribution in [-0.4, -0.2) is 52.2 Å². The Balaban J connectivity index is 1.27. The zero-order valence-corrected chi connectivity index (χ0v) is 17.0. The number of fused-ring (bicyclic) bond motifs is 1. The number of nitrogens with one attached hydrogen (secondary N) is 2. The minimum absolute atomic E-state index is 0.0738. The zero-order chi connectivity index (χ0) is 20.8. The first-order chi connectivity index (χ1) is 14.7. The lowest BCUT2D eigenvalue weighted by atomic mass is 10.1. The minimum Gasteiger partial charge on any atom is -0.356 e. The highest BCUT2D eigenvalue weighted by Crippen LogP contribution is 2.14. The van der Waals surface area contributed by atoms with E-state index < -0.39 is 6.04 Å². The van der Waals surface area contributed by atoms with Crippen LogP contribution < -0.4 is 10.6 Å². The van der Waals surface area contributed by atoms with E-state index in [0.29, 0.717) is 19.6 Å². The monoisotopic (exact) mass is 405 g/mol. The Kier molecular flexibility index (Phi) is 6.39. The SMILES string of the molecule is O=C(CC1C(=O)NCCN1Cc1ccccc1)NCCCn1ncc2ccccc21. The number of amides is 2. The van der Waals surface area contributed by atoms with Crippen molar-refractivity contribution in [3.8, 4) is 0 Å². The molecule has 1 unspecified atom stereocenters. The van der Waals surface area contributed by atoms with Crippen molar-refractivity contribution in [1.29, 1.82) is 0 Å². The van der Waals surface area contributed by atoms with E-state index in [9.17, 15) is 9.59 Å². The maximum atomic E-state index is 12.5. The van der Waals surface area contributed by atoms with Gasteiger partial charge in [0.25, 0.3) is 0 Å². The van der Waals surface area contributed by atoms with Gasteiger partial charge in [0.15, 0.2) is 0 Å². The van der Waals surface area contributed by atoms with Gasteiger partial charge in [0.2, 0.25) is 11.8 Å².